The van der Waals surface area contributed by atoms with E-state index >= 15 is 0 Å². The van der Waals surface area contributed by atoms with Crippen molar-refractivity contribution in [3.8, 4) is 0 Å². The summed E-state index contributed by atoms with van der Waals surface area (Å²) in [5.41, 5.74) is 0.558. The van der Waals surface area contributed by atoms with Crippen molar-refractivity contribution in [3.05, 3.63) is 23.7 Å². The summed E-state index contributed by atoms with van der Waals surface area (Å²) in [5.74, 6) is 0.570. The maximum absolute atomic E-state index is 12.2. The fraction of sp³-hybridized carbons (Fsp3) is 0.538. The van der Waals surface area contributed by atoms with Crippen molar-refractivity contribution in [2.45, 2.75) is 25.8 Å². The molecule has 2 amide bonds. The van der Waals surface area contributed by atoms with Crippen molar-refractivity contribution in [2.75, 3.05) is 19.6 Å². The van der Waals surface area contributed by atoms with Gasteiger partial charge < -0.3 is 14.2 Å². The summed E-state index contributed by atoms with van der Waals surface area (Å²) in [7, 11) is 0. The molecule has 96 valence electrons. The summed E-state index contributed by atoms with van der Waals surface area (Å²) in [6.07, 6.45) is 3.73. The Hall–Kier alpha value is -1.78. The molecule has 5 nitrogen and oxygen atoms in total. The third kappa shape index (κ3) is 1.89. The van der Waals surface area contributed by atoms with Crippen LogP contribution in [0.3, 0.4) is 0 Å². The number of aryl methyl sites for hydroxylation is 1. The molecule has 2 aliphatic rings. The maximum Gasteiger partial charge on any atom is 0.257 e. The highest BCUT2D eigenvalue weighted by Gasteiger charge is 2.37. The van der Waals surface area contributed by atoms with Crippen molar-refractivity contribution in [1.29, 1.82) is 0 Å². The molecular formula is C13H16N2O3. The Bertz CT molecular complexity index is 490. The number of carbonyl (C=O) groups is 2. The third-order valence-electron chi connectivity index (χ3n) is 3.62. The van der Waals surface area contributed by atoms with E-state index in [0.29, 0.717) is 30.5 Å². The van der Waals surface area contributed by atoms with Crippen LogP contribution in [0.2, 0.25) is 0 Å². The Labute approximate surface area is 105 Å². The number of carbonyl (C=O) groups excluding carboxylic acids is 2. The van der Waals surface area contributed by atoms with E-state index in [9.17, 15) is 9.59 Å². The number of rotatable bonds is 2. The quantitative estimate of drug-likeness (QED) is 0.785. The predicted octanol–water partition coefficient (Wildman–Crippen LogP) is 1.03. The van der Waals surface area contributed by atoms with Crippen LogP contribution >= 0.6 is 0 Å². The molecule has 1 saturated heterocycles. The van der Waals surface area contributed by atoms with Gasteiger partial charge in [-0.25, -0.2) is 0 Å². The van der Waals surface area contributed by atoms with Crippen LogP contribution in [0.25, 0.3) is 0 Å². The van der Waals surface area contributed by atoms with E-state index in [4.69, 9.17) is 4.42 Å². The Morgan fingerprint density at radius 2 is 2.17 bits per heavy atom. The molecule has 2 fully saturated rings. The van der Waals surface area contributed by atoms with Gasteiger partial charge in [-0.15, -0.1) is 0 Å². The first-order chi connectivity index (χ1) is 8.66. The molecular weight excluding hydrogens is 232 g/mol. The predicted molar refractivity (Wildman–Crippen MR) is 64.1 cm³/mol. The fourth-order valence-corrected chi connectivity index (χ4v) is 2.41. The molecule has 1 saturated carbocycles. The van der Waals surface area contributed by atoms with Gasteiger partial charge in [-0.05, 0) is 25.8 Å². The van der Waals surface area contributed by atoms with E-state index in [2.05, 4.69) is 0 Å². The van der Waals surface area contributed by atoms with Crippen LogP contribution in [0.5, 0.6) is 0 Å². The van der Waals surface area contributed by atoms with E-state index in [-0.39, 0.29) is 18.4 Å². The summed E-state index contributed by atoms with van der Waals surface area (Å²) in [4.78, 5) is 27.7. The molecule has 0 unspecified atom stereocenters. The molecule has 3 rings (SSSR count). The molecule has 5 heteroatoms. The molecule has 0 spiro atoms. The lowest BCUT2D eigenvalue weighted by Crippen LogP contribution is -2.52. The lowest BCUT2D eigenvalue weighted by molar-refractivity contribution is -0.135. The molecule has 0 aromatic carbocycles. The Kier molecular flexibility index (Phi) is 2.61. The molecule has 1 aliphatic carbocycles. The van der Waals surface area contributed by atoms with E-state index < -0.39 is 0 Å². The highest BCUT2D eigenvalue weighted by Crippen LogP contribution is 2.28. The minimum Gasteiger partial charge on any atom is -0.469 e. The first kappa shape index (κ1) is 11.3. The van der Waals surface area contributed by atoms with Crippen LogP contribution in [-0.4, -0.2) is 47.3 Å². The molecule has 1 aromatic heterocycles. The Morgan fingerprint density at radius 1 is 1.39 bits per heavy atom. The van der Waals surface area contributed by atoms with Crippen LogP contribution in [0.15, 0.2) is 16.7 Å². The Morgan fingerprint density at radius 3 is 2.72 bits per heavy atom. The molecule has 1 aliphatic heterocycles. The van der Waals surface area contributed by atoms with Crippen molar-refractivity contribution in [1.82, 2.24) is 9.80 Å². The monoisotopic (exact) mass is 248 g/mol. The summed E-state index contributed by atoms with van der Waals surface area (Å²) in [6, 6.07) is 2.10. The Balaban J connectivity index is 1.69. The number of hydrogen-bond acceptors (Lipinski definition) is 3. The maximum atomic E-state index is 12.2. The van der Waals surface area contributed by atoms with Gasteiger partial charge in [-0.3, -0.25) is 9.59 Å². The van der Waals surface area contributed by atoms with Gasteiger partial charge in [0.25, 0.3) is 5.91 Å². The van der Waals surface area contributed by atoms with Crippen molar-refractivity contribution >= 4 is 11.8 Å². The van der Waals surface area contributed by atoms with Gasteiger partial charge in [0.1, 0.15) is 12.3 Å². The topological polar surface area (TPSA) is 53.8 Å². The van der Waals surface area contributed by atoms with Gasteiger partial charge in [-0.1, -0.05) is 0 Å². The summed E-state index contributed by atoms with van der Waals surface area (Å²) < 4.78 is 5.13. The number of hydrogen-bond donors (Lipinski definition) is 0. The van der Waals surface area contributed by atoms with Gasteiger partial charge >= 0.3 is 0 Å². The normalized spacial score (nSPS) is 20.4. The first-order valence-electron chi connectivity index (χ1n) is 6.29. The highest BCUT2D eigenvalue weighted by atomic mass is 16.3. The van der Waals surface area contributed by atoms with Gasteiger partial charge in [-0.2, -0.15) is 0 Å². The summed E-state index contributed by atoms with van der Waals surface area (Å²) in [5, 5.41) is 0. The van der Waals surface area contributed by atoms with Gasteiger partial charge in [0, 0.05) is 19.1 Å². The number of furan rings is 1. The third-order valence-corrected chi connectivity index (χ3v) is 3.62. The average Bonchev–Trinajstić information content (AvgIpc) is 3.10. The van der Waals surface area contributed by atoms with Crippen molar-refractivity contribution < 1.29 is 14.0 Å². The van der Waals surface area contributed by atoms with Crippen LogP contribution in [0.1, 0.15) is 29.0 Å². The van der Waals surface area contributed by atoms with E-state index in [1.807, 2.05) is 4.90 Å². The minimum atomic E-state index is -0.106. The van der Waals surface area contributed by atoms with Gasteiger partial charge in [0.2, 0.25) is 5.91 Å². The average molecular weight is 248 g/mol. The molecule has 0 bridgehead atoms. The second-order valence-electron chi connectivity index (χ2n) is 4.94. The van der Waals surface area contributed by atoms with Crippen LogP contribution < -0.4 is 0 Å². The zero-order valence-electron chi connectivity index (χ0n) is 10.4. The van der Waals surface area contributed by atoms with Crippen molar-refractivity contribution in [3.63, 3.8) is 0 Å². The molecule has 2 heterocycles. The number of nitrogens with zero attached hydrogens (tertiary/aromatic N) is 2. The minimum absolute atomic E-state index is 0.0678. The second-order valence-corrected chi connectivity index (χ2v) is 4.94. The number of amides is 2. The van der Waals surface area contributed by atoms with E-state index in [1.54, 1.807) is 17.9 Å². The highest BCUT2D eigenvalue weighted by molar-refractivity contribution is 5.97. The summed E-state index contributed by atoms with van der Waals surface area (Å²) >= 11 is 0. The van der Waals surface area contributed by atoms with E-state index in [1.165, 1.54) is 6.26 Å². The summed E-state index contributed by atoms with van der Waals surface area (Å²) in [6.45, 7) is 3.23. The SMILES string of the molecule is Cc1occc1C(=O)N1CCN(C2CC2)C(=O)C1. The standard InChI is InChI=1S/C13H16N2O3/c1-9-11(4-7-18-9)13(17)14-5-6-15(10-2-3-10)12(16)8-14/h4,7,10H,2-3,5-6,8H2,1H3. The van der Waals surface area contributed by atoms with Crippen molar-refractivity contribution in [2.24, 2.45) is 0 Å². The fourth-order valence-electron chi connectivity index (χ4n) is 2.41. The van der Waals surface area contributed by atoms with Gasteiger partial charge in [0.15, 0.2) is 0 Å². The number of piperazine rings is 1. The first-order valence-corrected chi connectivity index (χ1v) is 6.29. The smallest absolute Gasteiger partial charge is 0.257 e. The zero-order chi connectivity index (χ0) is 12.7. The second kappa shape index (κ2) is 4.15. The van der Waals surface area contributed by atoms with Crippen LogP contribution in [0.4, 0.5) is 0 Å². The zero-order valence-corrected chi connectivity index (χ0v) is 10.4. The van der Waals surface area contributed by atoms with Crippen LogP contribution in [0, 0.1) is 6.92 Å². The molecule has 18 heavy (non-hydrogen) atoms. The largest absolute Gasteiger partial charge is 0.469 e. The lowest BCUT2D eigenvalue weighted by atomic mass is 10.2. The molecule has 0 N–H and O–H groups in total. The lowest BCUT2D eigenvalue weighted by Gasteiger charge is -2.34. The van der Waals surface area contributed by atoms with E-state index in [0.717, 1.165) is 12.8 Å². The molecule has 1 aromatic rings. The molecule has 0 radical (unpaired) electrons. The van der Waals surface area contributed by atoms with Gasteiger partial charge in [0.05, 0.1) is 11.8 Å². The molecule has 0 atom stereocenters. The van der Waals surface area contributed by atoms with Crippen LogP contribution in [-0.2, 0) is 4.79 Å².